The van der Waals surface area contributed by atoms with Gasteiger partial charge in [0.1, 0.15) is 0 Å². The monoisotopic (exact) mass is 362 g/mol. The molecule has 0 bridgehead atoms. The Hall–Kier alpha value is -2.31. The quantitative estimate of drug-likeness (QED) is 0.779. The van der Waals surface area contributed by atoms with Crippen molar-refractivity contribution < 1.29 is 24.2 Å². The van der Waals surface area contributed by atoms with Gasteiger partial charge in [0, 0.05) is 17.9 Å². The highest BCUT2D eigenvalue weighted by Gasteiger charge is 2.52. The highest BCUT2D eigenvalue weighted by Crippen LogP contribution is 2.45. The van der Waals surface area contributed by atoms with E-state index in [0.29, 0.717) is 5.56 Å². The number of carbonyl (C=O) groups is 3. The maximum Gasteiger partial charge on any atom is 0.339 e. The minimum Gasteiger partial charge on any atom is -0.481 e. The zero-order valence-corrected chi connectivity index (χ0v) is 15.4. The van der Waals surface area contributed by atoms with Gasteiger partial charge in [0.25, 0.3) is 0 Å². The fraction of sp³-hybridized carbons (Fsp3) is 0.632. The predicted octanol–water partition coefficient (Wildman–Crippen LogP) is 1.83. The maximum absolute atomic E-state index is 12.6. The lowest BCUT2D eigenvalue weighted by molar-refractivity contribution is -0.164. The van der Waals surface area contributed by atoms with Crippen LogP contribution in [0.2, 0.25) is 0 Å². The molecule has 0 spiro atoms. The lowest BCUT2D eigenvalue weighted by Crippen LogP contribution is -2.54. The van der Waals surface area contributed by atoms with E-state index in [0.717, 1.165) is 37.2 Å². The first-order chi connectivity index (χ1) is 12.4. The van der Waals surface area contributed by atoms with Gasteiger partial charge in [-0.15, -0.1) is 0 Å². The summed E-state index contributed by atoms with van der Waals surface area (Å²) < 4.78 is 6.95. The largest absolute Gasteiger partial charge is 0.481 e. The number of hydrogen-bond donors (Lipinski definition) is 2. The summed E-state index contributed by atoms with van der Waals surface area (Å²) in [6.45, 7) is 4.89. The minimum absolute atomic E-state index is 0.00441. The van der Waals surface area contributed by atoms with Crippen LogP contribution in [0.25, 0.3) is 0 Å². The average molecular weight is 362 g/mol. The van der Waals surface area contributed by atoms with Crippen molar-refractivity contribution >= 4 is 17.8 Å². The highest BCUT2D eigenvalue weighted by molar-refractivity contribution is 5.91. The van der Waals surface area contributed by atoms with Gasteiger partial charge in [0.15, 0.2) is 0 Å². The zero-order valence-electron chi connectivity index (χ0n) is 15.4. The van der Waals surface area contributed by atoms with Crippen molar-refractivity contribution in [1.29, 1.82) is 0 Å². The number of aromatic nitrogens is 1. The van der Waals surface area contributed by atoms with Crippen LogP contribution in [0.15, 0.2) is 6.07 Å². The normalized spacial score (nSPS) is 27.2. The average Bonchev–Trinajstić information content (AvgIpc) is 3.01. The van der Waals surface area contributed by atoms with Crippen LogP contribution in [-0.2, 0) is 33.8 Å². The molecule has 4 atom stereocenters. The van der Waals surface area contributed by atoms with Crippen LogP contribution < -0.4 is 5.32 Å². The SMILES string of the molecule is COC(=O)c1cc(CNC(=O)[C@@H]2C(C)C(C)[C@@H]2C(=O)O)n2c1CCCC2. The summed E-state index contributed by atoms with van der Waals surface area (Å²) in [5.41, 5.74) is 2.38. The molecule has 2 unspecified atom stereocenters. The van der Waals surface area contributed by atoms with Crippen molar-refractivity contribution in [2.24, 2.45) is 23.7 Å². The third kappa shape index (κ3) is 2.99. The fourth-order valence-corrected chi connectivity index (χ4v) is 4.43. The third-order valence-electron chi connectivity index (χ3n) is 6.13. The number of nitrogens with zero attached hydrogens (tertiary/aromatic N) is 1. The lowest BCUT2D eigenvalue weighted by Gasteiger charge is -2.45. The molecule has 1 aromatic heterocycles. The van der Waals surface area contributed by atoms with Crippen LogP contribution in [0, 0.1) is 23.7 Å². The van der Waals surface area contributed by atoms with Gasteiger partial charge < -0.3 is 19.7 Å². The molecule has 3 rings (SSSR count). The molecular formula is C19H26N2O5. The van der Waals surface area contributed by atoms with Crippen LogP contribution >= 0.6 is 0 Å². The molecular weight excluding hydrogens is 336 g/mol. The van der Waals surface area contributed by atoms with Crippen molar-refractivity contribution in [2.75, 3.05) is 7.11 Å². The van der Waals surface area contributed by atoms with Gasteiger partial charge >= 0.3 is 11.9 Å². The van der Waals surface area contributed by atoms with Crippen molar-refractivity contribution in [3.8, 4) is 0 Å². The molecule has 0 aromatic carbocycles. The van der Waals surface area contributed by atoms with Crippen molar-refractivity contribution in [2.45, 2.75) is 46.2 Å². The molecule has 1 aliphatic carbocycles. The van der Waals surface area contributed by atoms with Gasteiger partial charge in [0.2, 0.25) is 5.91 Å². The summed E-state index contributed by atoms with van der Waals surface area (Å²) in [4.78, 5) is 36.0. The lowest BCUT2D eigenvalue weighted by atomic mass is 9.57. The molecule has 142 valence electrons. The Labute approximate surface area is 152 Å². The molecule has 0 radical (unpaired) electrons. The second kappa shape index (κ2) is 7.13. The Morgan fingerprint density at radius 1 is 1.23 bits per heavy atom. The van der Waals surface area contributed by atoms with E-state index < -0.39 is 17.8 Å². The summed E-state index contributed by atoms with van der Waals surface area (Å²) in [5, 5.41) is 12.2. The summed E-state index contributed by atoms with van der Waals surface area (Å²) in [7, 11) is 1.36. The minimum atomic E-state index is -0.913. The topological polar surface area (TPSA) is 97.6 Å². The Morgan fingerprint density at radius 3 is 2.58 bits per heavy atom. The highest BCUT2D eigenvalue weighted by atomic mass is 16.5. The molecule has 2 aliphatic rings. The Bertz CT molecular complexity index is 739. The molecule has 1 fully saturated rings. The van der Waals surface area contributed by atoms with Crippen LogP contribution in [0.3, 0.4) is 0 Å². The number of nitrogens with one attached hydrogen (secondary N) is 1. The second-order valence-electron chi connectivity index (χ2n) is 7.42. The van der Waals surface area contributed by atoms with Gasteiger partial charge in [-0.1, -0.05) is 13.8 Å². The van der Waals surface area contributed by atoms with E-state index in [9.17, 15) is 19.5 Å². The first kappa shape index (κ1) is 18.5. The summed E-state index contributed by atoms with van der Waals surface area (Å²) in [5.74, 6) is -2.59. The number of ether oxygens (including phenoxy) is 1. The molecule has 26 heavy (non-hydrogen) atoms. The molecule has 1 saturated carbocycles. The van der Waals surface area contributed by atoms with E-state index in [1.807, 2.05) is 13.8 Å². The van der Waals surface area contributed by atoms with E-state index in [1.54, 1.807) is 6.07 Å². The number of methoxy groups -OCH3 is 1. The standard InChI is InChI=1S/C19H26N2O5/c1-10-11(2)16(18(23)24)15(10)17(22)20-9-12-8-13(19(25)26-3)14-6-4-5-7-21(12)14/h8,10-11,15-16H,4-7,9H2,1-3H3,(H,20,22)(H,23,24)/t10?,11?,15-,16+/m1/s1. The smallest absolute Gasteiger partial charge is 0.339 e. The molecule has 0 saturated heterocycles. The van der Waals surface area contributed by atoms with Crippen LogP contribution in [-0.4, -0.2) is 34.6 Å². The Kier molecular flexibility index (Phi) is 5.07. The molecule has 7 heteroatoms. The number of carbonyl (C=O) groups excluding carboxylic acids is 2. The number of aliphatic carboxylic acids is 1. The number of esters is 1. The molecule has 2 N–H and O–H groups in total. The number of rotatable bonds is 5. The fourth-order valence-electron chi connectivity index (χ4n) is 4.43. The van der Waals surface area contributed by atoms with Crippen LogP contribution in [0.5, 0.6) is 0 Å². The molecule has 1 aliphatic heterocycles. The van der Waals surface area contributed by atoms with E-state index in [4.69, 9.17) is 4.74 Å². The maximum atomic E-state index is 12.6. The number of amides is 1. The second-order valence-corrected chi connectivity index (χ2v) is 7.42. The first-order valence-electron chi connectivity index (χ1n) is 9.17. The number of carboxylic acids is 1. The predicted molar refractivity (Wildman–Crippen MR) is 93.5 cm³/mol. The van der Waals surface area contributed by atoms with Gasteiger partial charge in [-0.3, -0.25) is 9.59 Å². The summed E-state index contributed by atoms with van der Waals surface area (Å²) >= 11 is 0. The molecule has 2 heterocycles. The van der Waals surface area contributed by atoms with Crippen molar-refractivity contribution in [3.05, 3.63) is 23.0 Å². The van der Waals surface area contributed by atoms with Gasteiger partial charge in [-0.25, -0.2) is 4.79 Å². The van der Waals surface area contributed by atoms with Crippen LogP contribution in [0.1, 0.15) is 48.4 Å². The number of fused-ring (bicyclic) bond motifs is 1. The third-order valence-corrected chi connectivity index (χ3v) is 6.13. The van der Waals surface area contributed by atoms with Crippen molar-refractivity contribution in [1.82, 2.24) is 9.88 Å². The molecule has 1 amide bonds. The van der Waals surface area contributed by atoms with Gasteiger partial charge in [-0.2, -0.15) is 0 Å². The zero-order chi connectivity index (χ0) is 19.0. The van der Waals surface area contributed by atoms with E-state index in [-0.39, 0.29) is 30.3 Å². The van der Waals surface area contributed by atoms with E-state index >= 15 is 0 Å². The number of carboxylic acid groups (broad SMARTS) is 1. The summed E-state index contributed by atoms with van der Waals surface area (Å²) in [6, 6.07) is 1.79. The Morgan fingerprint density at radius 2 is 1.92 bits per heavy atom. The van der Waals surface area contributed by atoms with Crippen molar-refractivity contribution in [3.63, 3.8) is 0 Å². The van der Waals surface area contributed by atoms with E-state index in [1.165, 1.54) is 7.11 Å². The van der Waals surface area contributed by atoms with Crippen LogP contribution in [0.4, 0.5) is 0 Å². The summed E-state index contributed by atoms with van der Waals surface area (Å²) in [6.07, 6.45) is 2.87. The Balaban J connectivity index is 1.74. The molecule has 7 nitrogen and oxygen atoms in total. The van der Waals surface area contributed by atoms with Gasteiger partial charge in [-0.05, 0) is 37.2 Å². The molecule has 1 aromatic rings. The first-order valence-corrected chi connectivity index (χ1v) is 9.17. The van der Waals surface area contributed by atoms with Gasteiger partial charge in [0.05, 0.1) is 31.1 Å². The number of hydrogen-bond acceptors (Lipinski definition) is 4. The van der Waals surface area contributed by atoms with E-state index in [2.05, 4.69) is 9.88 Å².